The molecule has 1 fully saturated rings. The summed E-state index contributed by atoms with van der Waals surface area (Å²) in [6.07, 6.45) is 5.18. The Morgan fingerprint density at radius 1 is 1.44 bits per heavy atom. The van der Waals surface area contributed by atoms with Gasteiger partial charge in [0.05, 0.1) is 11.1 Å². The molecule has 0 radical (unpaired) electrons. The first-order valence-corrected chi connectivity index (χ1v) is 7.62. The zero-order valence-electron chi connectivity index (χ0n) is 11.6. The molecule has 1 saturated carbocycles. The molecular formula is C14H24N2OS. The zero-order valence-corrected chi connectivity index (χ0v) is 12.4. The summed E-state index contributed by atoms with van der Waals surface area (Å²) in [5.41, 5.74) is 0.143. The van der Waals surface area contributed by atoms with E-state index in [4.69, 9.17) is 0 Å². The predicted molar refractivity (Wildman–Crippen MR) is 75.9 cm³/mol. The zero-order chi connectivity index (χ0) is 13.2. The SMILES string of the molecule is CC(C)(C)c1ncc(CNCC2CCCC2O)s1. The molecule has 1 aliphatic rings. The lowest BCUT2D eigenvalue weighted by atomic mass is 9.98. The van der Waals surface area contributed by atoms with Crippen molar-refractivity contribution >= 4 is 11.3 Å². The van der Waals surface area contributed by atoms with Gasteiger partial charge in [-0.3, -0.25) is 0 Å². The van der Waals surface area contributed by atoms with Crippen molar-refractivity contribution in [3.63, 3.8) is 0 Å². The Hall–Kier alpha value is -0.450. The molecule has 4 heteroatoms. The number of hydrogen-bond acceptors (Lipinski definition) is 4. The molecule has 2 N–H and O–H groups in total. The number of hydrogen-bond donors (Lipinski definition) is 2. The smallest absolute Gasteiger partial charge is 0.0981 e. The molecule has 3 nitrogen and oxygen atoms in total. The fourth-order valence-corrected chi connectivity index (χ4v) is 3.31. The van der Waals surface area contributed by atoms with Crippen molar-refractivity contribution < 1.29 is 5.11 Å². The van der Waals surface area contributed by atoms with Gasteiger partial charge in [-0.25, -0.2) is 4.98 Å². The molecule has 2 rings (SSSR count). The van der Waals surface area contributed by atoms with Crippen molar-refractivity contribution in [2.45, 2.75) is 58.1 Å². The molecule has 0 spiro atoms. The Morgan fingerprint density at radius 3 is 2.78 bits per heavy atom. The molecule has 1 aromatic rings. The lowest BCUT2D eigenvalue weighted by Gasteiger charge is -2.15. The van der Waals surface area contributed by atoms with Gasteiger partial charge in [0.1, 0.15) is 0 Å². The minimum Gasteiger partial charge on any atom is -0.393 e. The van der Waals surface area contributed by atoms with Crippen LogP contribution in [0.4, 0.5) is 0 Å². The molecule has 2 atom stereocenters. The molecular weight excluding hydrogens is 244 g/mol. The maximum Gasteiger partial charge on any atom is 0.0981 e. The number of rotatable bonds is 4. The van der Waals surface area contributed by atoms with E-state index in [1.807, 2.05) is 6.20 Å². The van der Waals surface area contributed by atoms with Crippen LogP contribution in [0.15, 0.2) is 6.20 Å². The van der Waals surface area contributed by atoms with E-state index < -0.39 is 0 Å². The van der Waals surface area contributed by atoms with Gasteiger partial charge in [-0.05, 0) is 18.8 Å². The lowest BCUT2D eigenvalue weighted by molar-refractivity contribution is 0.131. The Balaban J connectivity index is 1.78. The standard InChI is InChI=1S/C14H24N2OS/c1-14(2,3)13-16-9-11(18-13)8-15-7-10-5-4-6-12(10)17/h9-10,12,15,17H,4-8H2,1-3H3. The summed E-state index contributed by atoms with van der Waals surface area (Å²) in [7, 11) is 0. The second-order valence-electron chi connectivity index (χ2n) is 6.27. The third-order valence-electron chi connectivity index (χ3n) is 3.52. The maximum absolute atomic E-state index is 9.75. The fourth-order valence-electron chi connectivity index (χ4n) is 2.37. The van der Waals surface area contributed by atoms with E-state index in [1.165, 1.54) is 16.3 Å². The number of nitrogens with zero attached hydrogens (tertiary/aromatic N) is 1. The predicted octanol–water partition coefficient (Wildman–Crippen LogP) is 2.69. The maximum atomic E-state index is 9.75. The first kappa shape index (κ1) is 14.0. The fraction of sp³-hybridized carbons (Fsp3) is 0.786. The molecule has 0 saturated heterocycles. The van der Waals surface area contributed by atoms with Gasteiger partial charge < -0.3 is 10.4 Å². The summed E-state index contributed by atoms with van der Waals surface area (Å²) in [5.74, 6) is 0.444. The van der Waals surface area contributed by atoms with Gasteiger partial charge in [-0.2, -0.15) is 0 Å². The third kappa shape index (κ3) is 3.53. The normalized spacial score (nSPS) is 24.7. The van der Waals surface area contributed by atoms with Crippen molar-refractivity contribution in [2.24, 2.45) is 5.92 Å². The Morgan fingerprint density at radius 2 is 2.22 bits per heavy atom. The van der Waals surface area contributed by atoms with Crippen LogP contribution in [0.1, 0.15) is 49.9 Å². The van der Waals surface area contributed by atoms with E-state index in [0.29, 0.717) is 5.92 Å². The molecule has 0 bridgehead atoms. The van der Waals surface area contributed by atoms with E-state index in [1.54, 1.807) is 11.3 Å². The molecule has 1 heterocycles. The van der Waals surface area contributed by atoms with Crippen molar-refractivity contribution in [2.75, 3.05) is 6.54 Å². The highest BCUT2D eigenvalue weighted by molar-refractivity contribution is 7.11. The van der Waals surface area contributed by atoms with E-state index in [2.05, 4.69) is 31.1 Å². The molecule has 0 amide bonds. The monoisotopic (exact) mass is 268 g/mol. The molecule has 0 aliphatic heterocycles. The van der Waals surface area contributed by atoms with Gasteiger partial charge in [0.15, 0.2) is 0 Å². The summed E-state index contributed by atoms with van der Waals surface area (Å²) < 4.78 is 0. The van der Waals surface area contributed by atoms with E-state index in [0.717, 1.165) is 25.9 Å². The van der Waals surface area contributed by atoms with Gasteiger partial charge in [0.2, 0.25) is 0 Å². The Kier molecular flexibility index (Phi) is 4.41. The van der Waals surface area contributed by atoms with Crippen LogP contribution in [-0.4, -0.2) is 22.7 Å². The van der Waals surface area contributed by atoms with Crippen LogP contribution in [0.3, 0.4) is 0 Å². The molecule has 18 heavy (non-hydrogen) atoms. The quantitative estimate of drug-likeness (QED) is 0.882. The summed E-state index contributed by atoms with van der Waals surface area (Å²) in [4.78, 5) is 5.77. The van der Waals surface area contributed by atoms with Crippen LogP contribution in [-0.2, 0) is 12.0 Å². The number of thiazole rings is 1. The van der Waals surface area contributed by atoms with E-state index >= 15 is 0 Å². The van der Waals surface area contributed by atoms with Crippen LogP contribution >= 0.6 is 11.3 Å². The summed E-state index contributed by atoms with van der Waals surface area (Å²) in [6.45, 7) is 8.37. The number of aromatic nitrogens is 1. The van der Waals surface area contributed by atoms with Crippen LogP contribution < -0.4 is 5.32 Å². The number of aliphatic hydroxyl groups excluding tert-OH is 1. The van der Waals surface area contributed by atoms with Crippen LogP contribution in [0.2, 0.25) is 0 Å². The van der Waals surface area contributed by atoms with Gasteiger partial charge in [-0.1, -0.05) is 27.2 Å². The molecule has 0 aromatic carbocycles. The number of aliphatic hydroxyl groups is 1. The van der Waals surface area contributed by atoms with Crippen LogP contribution in [0.5, 0.6) is 0 Å². The second-order valence-corrected chi connectivity index (χ2v) is 7.39. The summed E-state index contributed by atoms with van der Waals surface area (Å²) >= 11 is 1.79. The Labute approximate surface area is 114 Å². The lowest BCUT2D eigenvalue weighted by Crippen LogP contribution is -2.27. The van der Waals surface area contributed by atoms with Gasteiger partial charge in [0, 0.05) is 29.6 Å². The van der Waals surface area contributed by atoms with Crippen molar-refractivity contribution in [3.8, 4) is 0 Å². The molecule has 1 aromatic heterocycles. The van der Waals surface area contributed by atoms with Crippen molar-refractivity contribution in [3.05, 3.63) is 16.1 Å². The first-order valence-electron chi connectivity index (χ1n) is 6.81. The topological polar surface area (TPSA) is 45.2 Å². The highest BCUT2D eigenvalue weighted by atomic mass is 32.1. The van der Waals surface area contributed by atoms with Crippen LogP contribution in [0, 0.1) is 5.92 Å². The van der Waals surface area contributed by atoms with Gasteiger partial charge >= 0.3 is 0 Å². The average molecular weight is 268 g/mol. The summed E-state index contributed by atoms with van der Waals surface area (Å²) in [6, 6.07) is 0. The molecule has 102 valence electrons. The minimum absolute atomic E-state index is 0.0934. The largest absolute Gasteiger partial charge is 0.393 e. The minimum atomic E-state index is -0.0934. The van der Waals surface area contributed by atoms with Gasteiger partial charge in [-0.15, -0.1) is 11.3 Å². The molecule has 1 aliphatic carbocycles. The van der Waals surface area contributed by atoms with E-state index in [9.17, 15) is 5.11 Å². The summed E-state index contributed by atoms with van der Waals surface area (Å²) in [5, 5.41) is 14.4. The third-order valence-corrected chi connectivity index (χ3v) is 4.94. The second kappa shape index (κ2) is 5.68. The van der Waals surface area contributed by atoms with Crippen molar-refractivity contribution in [1.29, 1.82) is 0 Å². The number of nitrogens with one attached hydrogen (secondary N) is 1. The first-order chi connectivity index (χ1) is 8.47. The average Bonchev–Trinajstić information content (AvgIpc) is 2.88. The van der Waals surface area contributed by atoms with Gasteiger partial charge in [0.25, 0.3) is 0 Å². The van der Waals surface area contributed by atoms with E-state index in [-0.39, 0.29) is 11.5 Å². The van der Waals surface area contributed by atoms with Crippen molar-refractivity contribution in [1.82, 2.24) is 10.3 Å². The highest BCUT2D eigenvalue weighted by Crippen LogP contribution is 2.27. The Bertz CT molecular complexity index is 383. The highest BCUT2D eigenvalue weighted by Gasteiger charge is 2.24. The molecule has 2 unspecified atom stereocenters. The van der Waals surface area contributed by atoms with Crippen LogP contribution in [0.25, 0.3) is 0 Å².